The number of nitrogens with zero attached hydrogens (tertiary/aromatic N) is 3. The van der Waals surface area contributed by atoms with E-state index >= 15 is 0 Å². The van der Waals surface area contributed by atoms with Crippen LogP contribution in [-0.2, 0) is 0 Å². The largest absolute Gasteiger partial charge is 0.388 e. The average Bonchev–Trinajstić information content (AvgIpc) is 3.18. The van der Waals surface area contributed by atoms with E-state index in [-0.39, 0.29) is 0 Å². The minimum Gasteiger partial charge on any atom is -0.388 e. The number of pyridine rings is 1. The van der Waals surface area contributed by atoms with Crippen molar-refractivity contribution in [3.63, 3.8) is 0 Å². The van der Waals surface area contributed by atoms with E-state index < -0.39 is 0 Å². The van der Waals surface area contributed by atoms with Crippen molar-refractivity contribution in [1.29, 1.82) is 0 Å². The van der Waals surface area contributed by atoms with Crippen molar-refractivity contribution in [2.45, 2.75) is 38.5 Å². The van der Waals surface area contributed by atoms with Gasteiger partial charge in [-0.05, 0) is 32.4 Å². The van der Waals surface area contributed by atoms with E-state index in [1.54, 1.807) is 37.3 Å². The summed E-state index contributed by atoms with van der Waals surface area (Å²) in [6, 6.07) is 4.27. The number of nitrogens with one attached hydrogen (secondary N) is 1. The Hall–Kier alpha value is -2.81. The Balaban J connectivity index is 0.000000390. The van der Waals surface area contributed by atoms with Gasteiger partial charge >= 0.3 is 0 Å². The van der Waals surface area contributed by atoms with Crippen LogP contribution in [0.25, 0.3) is 0 Å². The molecule has 0 fully saturated rings. The third-order valence-corrected chi connectivity index (χ3v) is 4.96. The van der Waals surface area contributed by atoms with Crippen molar-refractivity contribution in [1.82, 2.24) is 9.97 Å². The van der Waals surface area contributed by atoms with E-state index in [2.05, 4.69) is 58.8 Å². The highest BCUT2D eigenvalue weighted by molar-refractivity contribution is 8.14. The van der Waals surface area contributed by atoms with Crippen LogP contribution in [0.2, 0.25) is 0 Å². The van der Waals surface area contributed by atoms with Gasteiger partial charge in [-0.25, -0.2) is 4.98 Å². The number of aldehydes is 1. The summed E-state index contributed by atoms with van der Waals surface area (Å²) < 4.78 is 0. The lowest BCUT2D eigenvalue weighted by Crippen LogP contribution is -2.22. The molecule has 0 spiro atoms. The first-order valence-electron chi connectivity index (χ1n) is 8.73. The van der Waals surface area contributed by atoms with Crippen LogP contribution in [0.15, 0.2) is 35.7 Å². The highest BCUT2D eigenvalue weighted by atomic mass is 32.2. The minimum absolute atomic E-state index is 0.432. The van der Waals surface area contributed by atoms with Crippen molar-refractivity contribution in [2.24, 2.45) is 10.7 Å². The van der Waals surface area contributed by atoms with Crippen LogP contribution >= 0.6 is 23.1 Å². The Morgan fingerprint density at radius 2 is 1.97 bits per heavy atom. The molecule has 154 valence electrons. The Kier molecular flexibility index (Phi) is 14.6. The number of nitrogens with two attached hydrogens (primary N) is 1. The van der Waals surface area contributed by atoms with Crippen molar-refractivity contribution in [2.75, 3.05) is 12.4 Å². The van der Waals surface area contributed by atoms with Gasteiger partial charge in [0, 0.05) is 30.4 Å². The summed E-state index contributed by atoms with van der Waals surface area (Å²) in [4.78, 5) is 22.8. The van der Waals surface area contributed by atoms with E-state index in [1.165, 1.54) is 11.3 Å². The molecule has 0 bridgehead atoms. The van der Waals surface area contributed by atoms with Gasteiger partial charge in [0.25, 0.3) is 0 Å². The first-order chi connectivity index (χ1) is 14.0. The zero-order valence-electron chi connectivity index (χ0n) is 17.1. The molecule has 2 aromatic rings. The maximum Gasteiger partial charge on any atom is 0.178 e. The van der Waals surface area contributed by atoms with E-state index in [0.717, 1.165) is 28.4 Å². The molecule has 3 heterocycles. The van der Waals surface area contributed by atoms with Gasteiger partial charge in [0.15, 0.2) is 16.5 Å². The van der Waals surface area contributed by atoms with Gasteiger partial charge in [0.05, 0.1) is 17.1 Å². The Labute approximate surface area is 181 Å². The summed E-state index contributed by atoms with van der Waals surface area (Å²) in [6.45, 7) is 6.03. The van der Waals surface area contributed by atoms with Gasteiger partial charge in [-0.3, -0.25) is 14.8 Å². The lowest BCUT2D eigenvalue weighted by Gasteiger charge is -2.19. The molecule has 1 aliphatic rings. The number of aliphatic imine (C=N–C) groups is 1. The molecule has 0 saturated heterocycles. The molecule has 6 nitrogen and oxygen atoms in total. The van der Waals surface area contributed by atoms with Gasteiger partial charge in [-0.1, -0.05) is 24.6 Å². The quantitative estimate of drug-likeness (QED) is 0.555. The summed E-state index contributed by atoms with van der Waals surface area (Å²) in [6.07, 6.45) is 15.0. The van der Waals surface area contributed by atoms with E-state index in [1.807, 2.05) is 19.2 Å². The molecule has 2 atom stereocenters. The topological polar surface area (TPSA) is 93.3 Å². The van der Waals surface area contributed by atoms with Crippen LogP contribution in [0.5, 0.6) is 0 Å². The second kappa shape index (κ2) is 16.2. The third-order valence-electron chi connectivity index (χ3n) is 3.18. The van der Waals surface area contributed by atoms with Gasteiger partial charge in [0.1, 0.15) is 0 Å². The molecule has 3 rings (SSSR count). The van der Waals surface area contributed by atoms with Crippen molar-refractivity contribution in [3.8, 4) is 24.7 Å². The maximum absolute atomic E-state index is 10.1. The standard InChI is InChI=1S/C7H5NOS.C6H12N2S.C6H8N2.C2H2/c1-2-3-6-4-8-7(5-9)10-6;1-4-3-5(2)9-6(7)8-4;1-7-6-2-4-8-5-3-6;1-2/h4-5H,1H3;4-5H,3H2,1-2H3,(H2,7,8);2-5H,1H3,(H,7,8);1-2H/t;4-,5+;;/m.0../s1. The molecular weight excluding hydrogens is 402 g/mol. The van der Waals surface area contributed by atoms with Gasteiger partial charge in [-0.2, -0.15) is 0 Å². The number of amidine groups is 1. The third kappa shape index (κ3) is 12.3. The highest BCUT2D eigenvalue weighted by Gasteiger charge is 2.15. The number of carbonyl (C=O) groups is 1. The molecule has 0 unspecified atom stereocenters. The first-order valence-corrected chi connectivity index (χ1v) is 10.4. The second-order valence-corrected chi connectivity index (χ2v) is 8.04. The first kappa shape index (κ1) is 26.2. The normalized spacial score (nSPS) is 16.4. The minimum atomic E-state index is 0.432. The highest BCUT2D eigenvalue weighted by Crippen LogP contribution is 2.22. The van der Waals surface area contributed by atoms with Crippen LogP contribution in [0, 0.1) is 24.7 Å². The molecule has 0 amide bonds. The van der Waals surface area contributed by atoms with Crippen molar-refractivity contribution in [3.05, 3.63) is 40.6 Å². The second-order valence-electron chi connectivity index (χ2n) is 5.52. The summed E-state index contributed by atoms with van der Waals surface area (Å²) in [7, 11) is 1.88. The number of hydrogen-bond donors (Lipinski definition) is 2. The Morgan fingerprint density at radius 3 is 2.38 bits per heavy atom. The molecule has 29 heavy (non-hydrogen) atoms. The predicted molar refractivity (Wildman–Crippen MR) is 126 cm³/mol. The average molecular weight is 430 g/mol. The maximum atomic E-state index is 10.1. The molecule has 0 saturated carbocycles. The number of terminal acetylenes is 1. The number of rotatable bonds is 2. The smallest absolute Gasteiger partial charge is 0.178 e. The van der Waals surface area contributed by atoms with E-state index in [9.17, 15) is 4.79 Å². The lowest BCUT2D eigenvalue weighted by atomic mass is 10.2. The number of hydrogen-bond acceptors (Lipinski definition) is 8. The fourth-order valence-corrected chi connectivity index (χ4v) is 3.74. The van der Waals surface area contributed by atoms with Crippen LogP contribution < -0.4 is 11.1 Å². The molecule has 0 aliphatic carbocycles. The summed E-state index contributed by atoms with van der Waals surface area (Å²) >= 11 is 2.98. The molecule has 3 N–H and O–H groups in total. The summed E-state index contributed by atoms with van der Waals surface area (Å²) in [5.41, 5.74) is 6.63. The zero-order valence-corrected chi connectivity index (χ0v) is 18.8. The fourth-order valence-electron chi connectivity index (χ4n) is 2.08. The Morgan fingerprint density at radius 1 is 1.31 bits per heavy atom. The number of anilines is 1. The SMILES string of the molecule is C#C.CC#Cc1cnc(C=O)s1.CNc1ccncc1.C[C@@H]1C[C@H](C)N=C(N)S1. The van der Waals surface area contributed by atoms with Crippen LogP contribution in [0.4, 0.5) is 5.69 Å². The zero-order chi connectivity index (χ0) is 22.1. The van der Waals surface area contributed by atoms with Gasteiger partial charge in [0.2, 0.25) is 0 Å². The van der Waals surface area contributed by atoms with Crippen LogP contribution in [-0.4, -0.2) is 39.8 Å². The number of thiazole rings is 1. The molecular formula is C21H27N5OS2. The number of carbonyl (C=O) groups excluding carboxylic acids is 1. The Bertz CT molecular complexity index is 822. The lowest BCUT2D eigenvalue weighted by molar-refractivity contribution is 0.112. The molecule has 1 aliphatic heterocycles. The number of thioether (sulfide) groups is 1. The fraction of sp³-hybridized carbons (Fsp3) is 0.333. The monoisotopic (exact) mass is 429 g/mol. The van der Waals surface area contributed by atoms with Crippen molar-refractivity contribution < 1.29 is 4.79 Å². The summed E-state index contributed by atoms with van der Waals surface area (Å²) in [5, 5.41) is 4.87. The van der Waals surface area contributed by atoms with Gasteiger partial charge in [-0.15, -0.1) is 30.1 Å². The summed E-state index contributed by atoms with van der Waals surface area (Å²) in [5.74, 6) is 5.54. The van der Waals surface area contributed by atoms with E-state index in [4.69, 9.17) is 5.73 Å². The molecule has 0 radical (unpaired) electrons. The van der Waals surface area contributed by atoms with Crippen LogP contribution in [0.3, 0.4) is 0 Å². The molecule has 0 aromatic carbocycles. The molecule has 2 aromatic heterocycles. The van der Waals surface area contributed by atoms with Crippen LogP contribution in [0.1, 0.15) is 41.9 Å². The predicted octanol–water partition coefficient (Wildman–Crippen LogP) is 3.91. The van der Waals surface area contributed by atoms with Crippen molar-refractivity contribution >= 4 is 40.2 Å². The van der Waals surface area contributed by atoms with E-state index in [0.29, 0.717) is 16.3 Å². The number of aromatic nitrogens is 2. The molecule has 8 heteroatoms. The van der Waals surface area contributed by atoms with Gasteiger partial charge < -0.3 is 11.1 Å².